The molecule has 4 aromatic carbocycles. The van der Waals surface area contributed by atoms with E-state index in [4.69, 9.17) is 47.8 Å². The van der Waals surface area contributed by atoms with E-state index in [-0.39, 0.29) is 46.8 Å². The first-order chi connectivity index (χ1) is 40.1. The zero-order valence-corrected chi connectivity index (χ0v) is 51.4. The molecule has 3 aliphatic rings. The van der Waals surface area contributed by atoms with E-state index in [1.165, 1.54) is 23.1 Å². The first-order valence-electron chi connectivity index (χ1n) is 29.4. The van der Waals surface area contributed by atoms with Gasteiger partial charge >= 0.3 is 6.03 Å². The van der Waals surface area contributed by atoms with Gasteiger partial charge in [0.25, 0.3) is 5.91 Å². The van der Waals surface area contributed by atoms with Crippen LogP contribution in [-0.4, -0.2) is 109 Å². The fourth-order valence-corrected chi connectivity index (χ4v) is 12.1. The highest BCUT2D eigenvalue weighted by Gasteiger charge is 2.60. The van der Waals surface area contributed by atoms with Crippen molar-refractivity contribution in [3.05, 3.63) is 157 Å². The molecule has 442 valence electrons. The van der Waals surface area contributed by atoms with E-state index in [2.05, 4.69) is 68.8 Å². The van der Waals surface area contributed by atoms with E-state index in [1.807, 2.05) is 65.3 Å². The predicted octanol–water partition coefficient (Wildman–Crippen LogP) is 13.8. The van der Waals surface area contributed by atoms with Gasteiger partial charge in [0.15, 0.2) is 0 Å². The fourth-order valence-electron chi connectivity index (χ4n) is 11.9. The number of Topliss-reactive ketones (excluding diaryl/α,β-unsaturated/α-hetero) is 1. The number of unbranched alkanes of at least 4 members (excludes halogenated alkanes) is 5. The molecular formula is C66H77Cl2FN10O5. The molecule has 18 heteroatoms. The normalized spacial score (nSPS) is 19.2. The van der Waals surface area contributed by atoms with Crippen molar-refractivity contribution in [3.8, 4) is 29.0 Å². The monoisotopic (exact) mass is 1180 g/mol. The van der Waals surface area contributed by atoms with Gasteiger partial charge in [-0.15, -0.1) is 0 Å². The Morgan fingerprint density at radius 1 is 0.845 bits per heavy atom. The molecule has 3 aliphatic heterocycles. The van der Waals surface area contributed by atoms with Gasteiger partial charge in [-0.25, -0.2) is 14.2 Å². The third-order valence-corrected chi connectivity index (χ3v) is 17.5. The fraction of sp³-hybridized carbons (Fsp3) is 0.455. The van der Waals surface area contributed by atoms with Gasteiger partial charge in [0.2, 0.25) is 5.88 Å². The van der Waals surface area contributed by atoms with Crippen molar-refractivity contribution in [3.63, 3.8) is 0 Å². The van der Waals surface area contributed by atoms with Gasteiger partial charge in [0.05, 0.1) is 47.6 Å². The summed E-state index contributed by atoms with van der Waals surface area (Å²) in [6.07, 6.45) is 8.16. The number of carbonyl (C=O) groups is 3. The van der Waals surface area contributed by atoms with Gasteiger partial charge in [-0.05, 0) is 137 Å². The second-order valence-corrected chi connectivity index (χ2v) is 24.6. The van der Waals surface area contributed by atoms with Crippen molar-refractivity contribution in [2.75, 3.05) is 46.4 Å². The zero-order valence-electron chi connectivity index (χ0n) is 49.9. The Morgan fingerprint density at radius 3 is 2.15 bits per heavy atom. The molecule has 5 heterocycles. The van der Waals surface area contributed by atoms with E-state index in [0.717, 1.165) is 80.4 Å². The van der Waals surface area contributed by atoms with Crippen molar-refractivity contribution >= 4 is 46.8 Å². The molecule has 0 N–H and O–H groups in total. The Hall–Kier alpha value is -7.19. The number of amides is 3. The van der Waals surface area contributed by atoms with E-state index in [9.17, 15) is 19.2 Å². The molecular weight excluding hydrogens is 1100 g/mol. The number of aromatic nitrogens is 4. The van der Waals surface area contributed by atoms with Gasteiger partial charge < -0.3 is 19.3 Å². The number of nitriles is 1. The van der Waals surface area contributed by atoms with Crippen molar-refractivity contribution in [1.29, 1.82) is 5.26 Å². The molecule has 84 heavy (non-hydrogen) atoms. The predicted molar refractivity (Wildman–Crippen MR) is 326 cm³/mol. The third-order valence-electron chi connectivity index (χ3n) is 17.0. The van der Waals surface area contributed by atoms with Crippen LogP contribution in [0.3, 0.4) is 0 Å². The van der Waals surface area contributed by atoms with Crippen molar-refractivity contribution in [1.82, 2.24) is 39.3 Å². The van der Waals surface area contributed by atoms with Crippen molar-refractivity contribution < 1.29 is 28.2 Å². The Balaban J connectivity index is 0.772. The highest BCUT2D eigenvalue weighted by Crippen LogP contribution is 2.54. The Labute approximate surface area is 503 Å². The minimum atomic E-state index is -1.01. The number of hydrogen-bond acceptors (Lipinski definition) is 11. The number of carbonyl (C=O) groups excluding carboxylic acids is 3. The minimum absolute atomic E-state index is 0.0481. The van der Waals surface area contributed by atoms with Crippen molar-refractivity contribution in [2.24, 2.45) is 4.99 Å². The molecule has 2 aromatic heterocycles. The van der Waals surface area contributed by atoms with Crippen molar-refractivity contribution in [2.45, 2.75) is 149 Å². The summed E-state index contributed by atoms with van der Waals surface area (Å²) in [7, 11) is 1.63. The zero-order chi connectivity index (χ0) is 60.1. The summed E-state index contributed by atoms with van der Waals surface area (Å²) in [6, 6.07) is 27.9. The average Bonchev–Trinajstić information content (AvgIpc) is 2.76. The van der Waals surface area contributed by atoms with Gasteiger partial charge in [0.1, 0.15) is 52.1 Å². The number of ketones is 1. The van der Waals surface area contributed by atoms with Crippen LogP contribution in [0.2, 0.25) is 10.0 Å². The van der Waals surface area contributed by atoms with Crippen LogP contribution in [0.15, 0.2) is 96.1 Å². The van der Waals surface area contributed by atoms with Crippen LogP contribution < -0.4 is 9.47 Å². The molecule has 15 nitrogen and oxygen atoms in total. The van der Waals surface area contributed by atoms with Crippen LogP contribution in [0, 0.1) is 24.1 Å². The van der Waals surface area contributed by atoms with E-state index in [0.29, 0.717) is 95.3 Å². The molecule has 3 atom stereocenters. The SMILES string of the molecule is CCOc1cc(C(C)(C)C)ccc1C1=N[C@](C)(c2ccc(Cl)cc2)[C@](C)(c2ccc(Cl)cc2)N1C(=O)N1CCN(CCCCCCCCC(=O)CCCn2nc3c(c2C#N)-c2cnc(C)c(n2)O[C@H](C)c2cc(F)ccc2C(=O)N(C)C3)CC1. The lowest BCUT2D eigenvalue weighted by Crippen LogP contribution is -2.60. The van der Waals surface area contributed by atoms with Crippen LogP contribution in [0.1, 0.15) is 168 Å². The van der Waals surface area contributed by atoms with E-state index < -0.39 is 23.0 Å². The summed E-state index contributed by atoms with van der Waals surface area (Å²) >= 11 is 13.0. The summed E-state index contributed by atoms with van der Waals surface area (Å²) in [5, 5.41) is 16.5. The largest absolute Gasteiger partial charge is 0.493 e. The number of halogens is 3. The first kappa shape index (κ1) is 61.4. The number of rotatable bonds is 18. The molecule has 1 fully saturated rings. The lowest BCUT2D eigenvalue weighted by molar-refractivity contribution is -0.119. The highest BCUT2D eigenvalue weighted by atomic mass is 35.5. The molecule has 1 saturated heterocycles. The Morgan fingerprint density at radius 2 is 1.49 bits per heavy atom. The smallest absolute Gasteiger partial charge is 0.326 e. The summed E-state index contributed by atoms with van der Waals surface area (Å²) in [5.41, 5.74) is 4.22. The number of urea groups is 1. The Kier molecular flexibility index (Phi) is 19.0. The maximum Gasteiger partial charge on any atom is 0.326 e. The van der Waals surface area contributed by atoms with Gasteiger partial charge in [-0.3, -0.25) is 34.0 Å². The summed E-state index contributed by atoms with van der Waals surface area (Å²) in [5.74, 6) is 0.743. The van der Waals surface area contributed by atoms with Gasteiger partial charge in [-0.1, -0.05) is 100.0 Å². The maximum absolute atomic E-state index is 15.6. The number of amidine groups is 1. The van der Waals surface area contributed by atoms with Crippen LogP contribution >= 0.6 is 23.2 Å². The second kappa shape index (κ2) is 26.0. The molecule has 2 bridgehead atoms. The summed E-state index contributed by atoms with van der Waals surface area (Å²) in [4.78, 5) is 65.2. The molecule has 0 spiro atoms. The van der Waals surface area contributed by atoms with E-state index in [1.54, 1.807) is 31.8 Å². The molecule has 6 aromatic rings. The number of aliphatic imine (C=N–C) groups is 1. The molecule has 0 unspecified atom stereocenters. The van der Waals surface area contributed by atoms with E-state index >= 15 is 4.79 Å². The topological polar surface area (TPSA) is 162 Å². The maximum atomic E-state index is 15.6. The minimum Gasteiger partial charge on any atom is -0.493 e. The van der Waals surface area contributed by atoms with Crippen LogP contribution in [-0.2, 0) is 34.4 Å². The second-order valence-electron chi connectivity index (χ2n) is 23.8. The number of benzene rings is 4. The number of nitrogens with zero attached hydrogens (tertiary/aromatic N) is 10. The van der Waals surface area contributed by atoms with Gasteiger partial charge in [-0.2, -0.15) is 10.4 Å². The average molecular weight is 1180 g/mol. The van der Waals surface area contributed by atoms with Crippen LogP contribution in [0.4, 0.5) is 9.18 Å². The van der Waals surface area contributed by atoms with Crippen LogP contribution in [0.5, 0.6) is 11.6 Å². The number of ether oxygens (including phenoxy) is 2. The highest BCUT2D eigenvalue weighted by molar-refractivity contribution is 6.30. The lowest BCUT2D eigenvalue weighted by Gasteiger charge is -2.47. The van der Waals surface area contributed by atoms with Crippen LogP contribution in [0.25, 0.3) is 11.3 Å². The number of fused-ring (bicyclic) bond motifs is 5. The molecule has 0 aliphatic carbocycles. The standard InChI is InChI=1S/C66H77Cl2FN10O5/c1-10-83-58-38-47(64(4,5)6)24-30-53(58)60-73-65(7,45-20-25-48(67)26-21-45)66(8,46-22-27-49(68)28-23-46)79(60)63(82)77-36-34-76(35-37-77)32-16-14-12-11-13-15-18-51(80)19-17-33-78-57(40-70)59-55-41-71-43(2)61(72-55)84-44(3)54-39-50(69)29-31-52(54)62(81)75(9)42-56(59)74-78/h20-31,38-39,41,44H,10-19,32-37,42H2,1-9H3/t44-,65-,66+/m1/s1. The van der Waals surface area contributed by atoms with Gasteiger partial charge in [0, 0.05) is 73.8 Å². The molecule has 9 rings (SSSR count). The Bertz CT molecular complexity index is 3460. The number of hydrogen-bond donors (Lipinski definition) is 0. The first-order valence-corrected chi connectivity index (χ1v) is 30.2. The summed E-state index contributed by atoms with van der Waals surface area (Å²) < 4.78 is 28.7. The molecule has 3 amide bonds. The quantitative estimate of drug-likeness (QED) is 0.0757. The molecule has 0 radical (unpaired) electrons. The molecule has 0 saturated carbocycles. The lowest BCUT2D eigenvalue weighted by atomic mass is 9.71. The number of piperazine rings is 1. The number of aryl methyl sites for hydroxylation is 2. The third kappa shape index (κ3) is 12.9. The summed E-state index contributed by atoms with van der Waals surface area (Å²) in [6.45, 7) is 20.6.